The van der Waals surface area contributed by atoms with Crippen LogP contribution >= 0.6 is 0 Å². The minimum atomic E-state index is -0.272. The van der Waals surface area contributed by atoms with Crippen LogP contribution < -0.4 is 10.9 Å². The van der Waals surface area contributed by atoms with E-state index in [0.29, 0.717) is 28.1 Å². The number of H-pyrrole nitrogens is 2. The van der Waals surface area contributed by atoms with Gasteiger partial charge >= 0.3 is 0 Å². The lowest BCUT2D eigenvalue weighted by Gasteiger charge is -2.18. The Hall–Kier alpha value is -3.21. The molecule has 0 saturated heterocycles. The van der Waals surface area contributed by atoms with Gasteiger partial charge in [0.05, 0.1) is 23.7 Å². The second kappa shape index (κ2) is 5.77. The van der Waals surface area contributed by atoms with E-state index >= 15 is 0 Å². The van der Waals surface area contributed by atoms with Gasteiger partial charge in [0.25, 0.3) is 5.56 Å². The number of hydrogen-bond donors (Lipinski definition) is 3. The van der Waals surface area contributed by atoms with Crippen molar-refractivity contribution in [3.8, 4) is 17.5 Å². The number of fused-ring (bicyclic) bond motifs is 1. The Morgan fingerprint density at radius 2 is 2.25 bits per heavy atom. The van der Waals surface area contributed by atoms with Gasteiger partial charge in [-0.1, -0.05) is 0 Å². The summed E-state index contributed by atoms with van der Waals surface area (Å²) in [5.41, 5.74) is 0.745. The van der Waals surface area contributed by atoms with Gasteiger partial charge in [-0.15, -0.1) is 0 Å². The summed E-state index contributed by atoms with van der Waals surface area (Å²) in [5.74, 6) is 0.950. The molecule has 3 aromatic heterocycles. The SMILES string of the molecule is N#C[C@@H]1CCC[C@@H]1Nc1nc(-c2cn[nH]c2)nc2c(=O)[nH]ccc12. The first-order valence-corrected chi connectivity index (χ1v) is 7.81. The summed E-state index contributed by atoms with van der Waals surface area (Å²) in [4.78, 5) is 23.7. The fourth-order valence-electron chi connectivity index (χ4n) is 3.14. The Kier molecular flexibility index (Phi) is 3.46. The summed E-state index contributed by atoms with van der Waals surface area (Å²) in [6.07, 6.45) is 7.66. The Balaban J connectivity index is 1.85. The molecule has 8 heteroatoms. The quantitative estimate of drug-likeness (QED) is 0.676. The van der Waals surface area contributed by atoms with Crippen molar-refractivity contribution in [3.63, 3.8) is 0 Å². The zero-order valence-electron chi connectivity index (χ0n) is 12.8. The standard InChI is InChI=1S/C16H15N7O/c17-6-9-2-1-3-12(9)21-15-11-4-5-18-16(24)13(11)22-14(23-15)10-7-19-20-8-10/h4-5,7-9,12H,1-3H2,(H,18,24)(H,19,20)(H,21,22,23)/t9-,12-/m0/s1. The molecule has 3 aromatic rings. The van der Waals surface area contributed by atoms with Crippen molar-refractivity contribution < 1.29 is 0 Å². The topological polar surface area (TPSA) is 123 Å². The molecule has 24 heavy (non-hydrogen) atoms. The highest BCUT2D eigenvalue weighted by Crippen LogP contribution is 2.30. The second-order valence-corrected chi connectivity index (χ2v) is 5.87. The molecule has 1 aliphatic rings. The Labute approximate surface area is 137 Å². The van der Waals surface area contributed by atoms with Gasteiger partial charge in [0.2, 0.25) is 0 Å². The van der Waals surface area contributed by atoms with Crippen LogP contribution in [0.15, 0.2) is 29.5 Å². The number of nitriles is 1. The van der Waals surface area contributed by atoms with Gasteiger partial charge < -0.3 is 10.3 Å². The maximum absolute atomic E-state index is 12.2. The molecule has 3 N–H and O–H groups in total. The van der Waals surface area contributed by atoms with E-state index in [4.69, 9.17) is 0 Å². The molecule has 0 spiro atoms. The maximum atomic E-state index is 12.2. The number of nitrogens with one attached hydrogen (secondary N) is 3. The number of pyridine rings is 1. The molecule has 1 aliphatic carbocycles. The van der Waals surface area contributed by atoms with Crippen LogP contribution in [0, 0.1) is 17.2 Å². The van der Waals surface area contributed by atoms with Crippen LogP contribution in [0.2, 0.25) is 0 Å². The molecule has 4 rings (SSSR count). The summed E-state index contributed by atoms with van der Waals surface area (Å²) in [6, 6.07) is 4.15. The van der Waals surface area contributed by atoms with Gasteiger partial charge in [-0.25, -0.2) is 9.97 Å². The number of aromatic amines is 2. The summed E-state index contributed by atoms with van der Waals surface area (Å²) in [7, 11) is 0. The zero-order valence-corrected chi connectivity index (χ0v) is 12.8. The molecular weight excluding hydrogens is 306 g/mol. The van der Waals surface area contributed by atoms with Crippen molar-refractivity contribution >= 4 is 16.7 Å². The summed E-state index contributed by atoms with van der Waals surface area (Å²) in [6.45, 7) is 0. The van der Waals surface area contributed by atoms with Crippen molar-refractivity contribution in [1.82, 2.24) is 25.1 Å². The summed E-state index contributed by atoms with van der Waals surface area (Å²) < 4.78 is 0. The van der Waals surface area contributed by atoms with Gasteiger partial charge in [0.1, 0.15) is 11.3 Å². The lowest BCUT2D eigenvalue weighted by Crippen LogP contribution is -2.24. The summed E-state index contributed by atoms with van der Waals surface area (Å²) in [5, 5.41) is 19.9. The van der Waals surface area contributed by atoms with Crippen molar-refractivity contribution in [2.24, 2.45) is 5.92 Å². The molecule has 120 valence electrons. The van der Waals surface area contributed by atoms with Crippen molar-refractivity contribution in [2.45, 2.75) is 25.3 Å². The lowest BCUT2D eigenvalue weighted by atomic mass is 10.1. The number of anilines is 1. The van der Waals surface area contributed by atoms with Crippen LogP contribution in [0.1, 0.15) is 19.3 Å². The highest BCUT2D eigenvalue weighted by Gasteiger charge is 2.28. The monoisotopic (exact) mass is 321 g/mol. The molecule has 2 atom stereocenters. The predicted octanol–water partition coefficient (Wildman–Crippen LogP) is 1.81. The van der Waals surface area contributed by atoms with Gasteiger partial charge in [-0.05, 0) is 25.3 Å². The third-order valence-corrected chi connectivity index (χ3v) is 4.39. The van der Waals surface area contributed by atoms with Crippen LogP contribution in [-0.2, 0) is 0 Å². The fraction of sp³-hybridized carbons (Fsp3) is 0.312. The normalized spacial score (nSPS) is 20.1. The van der Waals surface area contributed by atoms with Gasteiger partial charge in [0.15, 0.2) is 5.82 Å². The summed E-state index contributed by atoms with van der Waals surface area (Å²) >= 11 is 0. The molecular formula is C16H15N7O. The van der Waals surface area contributed by atoms with Gasteiger partial charge in [-0.2, -0.15) is 10.4 Å². The number of nitrogens with zero attached hydrogens (tertiary/aromatic N) is 4. The van der Waals surface area contributed by atoms with Crippen molar-refractivity contribution in [1.29, 1.82) is 5.26 Å². The Bertz CT molecular complexity index is 970. The first-order chi connectivity index (χ1) is 11.8. The molecule has 0 aliphatic heterocycles. The lowest BCUT2D eigenvalue weighted by molar-refractivity contribution is 0.628. The van der Waals surface area contributed by atoms with Crippen LogP contribution in [0.5, 0.6) is 0 Å². The van der Waals surface area contributed by atoms with E-state index in [0.717, 1.165) is 19.3 Å². The van der Waals surface area contributed by atoms with E-state index < -0.39 is 0 Å². The molecule has 8 nitrogen and oxygen atoms in total. The number of aromatic nitrogens is 5. The average Bonchev–Trinajstić information content (AvgIpc) is 3.26. The van der Waals surface area contributed by atoms with E-state index in [1.807, 2.05) is 0 Å². The minimum Gasteiger partial charge on any atom is -0.365 e. The maximum Gasteiger partial charge on any atom is 0.274 e. The molecule has 0 amide bonds. The molecule has 0 bridgehead atoms. The highest BCUT2D eigenvalue weighted by atomic mass is 16.1. The van der Waals surface area contributed by atoms with E-state index in [9.17, 15) is 10.1 Å². The molecule has 0 aromatic carbocycles. The van der Waals surface area contributed by atoms with Crippen LogP contribution in [0.3, 0.4) is 0 Å². The number of hydrogen-bond acceptors (Lipinski definition) is 6. The van der Waals surface area contributed by atoms with E-state index in [2.05, 4.69) is 36.5 Å². The zero-order chi connectivity index (χ0) is 16.5. The number of rotatable bonds is 3. The first-order valence-electron chi connectivity index (χ1n) is 7.81. The van der Waals surface area contributed by atoms with Crippen LogP contribution in [0.4, 0.5) is 5.82 Å². The smallest absolute Gasteiger partial charge is 0.274 e. The van der Waals surface area contributed by atoms with E-state index in [-0.39, 0.29) is 17.5 Å². The predicted molar refractivity (Wildman–Crippen MR) is 88.1 cm³/mol. The van der Waals surface area contributed by atoms with Crippen molar-refractivity contribution in [3.05, 3.63) is 35.0 Å². The van der Waals surface area contributed by atoms with Crippen LogP contribution in [0.25, 0.3) is 22.3 Å². The first kappa shape index (κ1) is 14.4. The molecule has 0 radical (unpaired) electrons. The van der Waals surface area contributed by atoms with Gasteiger partial charge in [0, 0.05) is 23.8 Å². The Morgan fingerprint density at radius 1 is 1.33 bits per heavy atom. The third kappa shape index (κ3) is 2.40. The van der Waals surface area contributed by atoms with E-state index in [1.54, 1.807) is 24.7 Å². The average molecular weight is 321 g/mol. The second-order valence-electron chi connectivity index (χ2n) is 5.87. The third-order valence-electron chi connectivity index (χ3n) is 4.39. The Morgan fingerprint density at radius 3 is 3.04 bits per heavy atom. The van der Waals surface area contributed by atoms with Crippen LogP contribution in [-0.4, -0.2) is 31.2 Å². The molecule has 0 unspecified atom stereocenters. The molecule has 3 heterocycles. The molecule has 1 fully saturated rings. The van der Waals surface area contributed by atoms with E-state index in [1.165, 1.54) is 0 Å². The molecule has 1 saturated carbocycles. The fourth-order valence-corrected chi connectivity index (χ4v) is 3.14. The minimum absolute atomic E-state index is 0.0320. The van der Waals surface area contributed by atoms with Crippen molar-refractivity contribution in [2.75, 3.05) is 5.32 Å². The highest BCUT2D eigenvalue weighted by molar-refractivity contribution is 5.89. The van der Waals surface area contributed by atoms with Gasteiger partial charge in [-0.3, -0.25) is 9.89 Å². The largest absolute Gasteiger partial charge is 0.365 e.